The number of hydrogen-bond acceptors (Lipinski definition) is 7. The molecule has 0 atom stereocenters. The van der Waals surface area contributed by atoms with E-state index in [2.05, 4.69) is 15.8 Å². The Hall–Kier alpha value is -4.80. The van der Waals surface area contributed by atoms with Gasteiger partial charge in [0.05, 0.1) is 24.3 Å². The van der Waals surface area contributed by atoms with Gasteiger partial charge in [0, 0.05) is 22.4 Å². The molecule has 0 bridgehead atoms. The summed E-state index contributed by atoms with van der Waals surface area (Å²) in [5.41, 5.74) is 2.33. The van der Waals surface area contributed by atoms with Crippen molar-refractivity contribution >= 4 is 29.4 Å². The fourth-order valence-corrected chi connectivity index (χ4v) is 2.74. The molecule has 10 nitrogen and oxygen atoms in total. The van der Waals surface area contributed by atoms with Crippen LogP contribution in [0.5, 0.6) is 11.5 Å². The zero-order valence-electron chi connectivity index (χ0n) is 17.1. The number of amides is 2. The van der Waals surface area contributed by atoms with Crippen LogP contribution in [0.25, 0.3) is 0 Å². The van der Waals surface area contributed by atoms with Gasteiger partial charge in [0.1, 0.15) is 11.6 Å². The van der Waals surface area contributed by atoms with Crippen molar-refractivity contribution in [3.63, 3.8) is 0 Å². The number of nitro benzene ring substituents is 1. The number of carbonyl (C=O) groups is 2. The van der Waals surface area contributed by atoms with Crippen LogP contribution in [0.15, 0.2) is 65.8 Å². The maximum atomic E-state index is 13.0. The molecule has 3 aromatic carbocycles. The van der Waals surface area contributed by atoms with Crippen molar-refractivity contribution in [2.45, 2.75) is 0 Å². The second kappa shape index (κ2) is 10.0. The average Bonchev–Trinajstić information content (AvgIpc) is 2.80. The molecule has 33 heavy (non-hydrogen) atoms. The number of benzene rings is 3. The van der Waals surface area contributed by atoms with E-state index < -0.39 is 34.0 Å². The van der Waals surface area contributed by atoms with Crippen LogP contribution in [0, 0.1) is 15.9 Å². The molecule has 0 aliphatic rings. The number of nitrogens with one attached hydrogen (secondary N) is 2. The fourth-order valence-electron chi connectivity index (χ4n) is 2.74. The monoisotopic (exact) mass is 452 g/mol. The molecule has 0 unspecified atom stereocenters. The molecule has 3 rings (SSSR count). The Labute approximate surface area is 186 Å². The van der Waals surface area contributed by atoms with Crippen molar-refractivity contribution in [3.8, 4) is 11.5 Å². The molecule has 0 aliphatic carbocycles. The third kappa shape index (κ3) is 5.67. The molecule has 0 aromatic heterocycles. The van der Waals surface area contributed by atoms with Crippen LogP contribution in [0.4, 0.5) is 15.8 Å². The Morgan fingerprint density at radius 3 is 2.48 bits per heavy atom. The molecular weight excluding hydrogens is 435 g/mol. The molecule has 2 amide bonds. The lowest BCUT2D eigenvalue weighted by atomic mass is 10.1. The van der Waals surface area contributed by atoms with E-state index in [-0.39, 0.29) is 22.4 Å². The first-order chi connectivity index (χ1) is 15.8. The number of ether oxygens (including phenoxy) is 1. The van der Waals surface area contributed by atoms with Gasteiger partial charge in [-0.3, -0.25) is 19.7 Å². The first kappa shape index (κ1) is 22.9. The highest BCUT2D eigenvalue weighted by Gasteiger charge is 2.19. The summed E-state index contributed by atoms with van der Waals surface area (Å²) in [6, 6.07) is 13.3. The highest BCUT2D eigenvalue weighted by Crippen LogP contribution is 2.33. The number of aromatic hydroxyl groups is 1. The number of phenols is 1. The molecule has 0 radical (unpaired) electrons. The highest BCUT2D eigenvalue weighted by molar-refractivity contribution is 6.05. The van der Waals surface area contributed by atoms with Crippen LogP contribution in [-0.4, -0.2) is 35.2 Å². The molecule has 11 heteroatoms. The SMILES string of the molecule is COc1cc(/C=N/NC(=O)c2cccc(NC(=O)c3ccc(F)cc3)c2)c(O)c([N+](=O)[O-])c1. The maximum absolute atomic E-state index is 13.0. The molecule has 0 spiro atoms. The van der Waals surface area contributed by atoms with Crippen LogP contribution in [0.1, 0.15) is 26.3 Å². The number of halogens is 1. The molecule has 0 aliphatic heterocycles. The van der Waals surface area contributed by atoms with Gasteiger partial charge < -0.3 is 15.2 Å². The Kier molecular flexibility index (Phi) is 6.94. The zero-order valence-corrected chi connectivity index (χ0v) is 17.1. The van der Waals surface area contributed by atoms with E-state index in [9.17, 15) is 29.2 Å². The van der Waals surface area contributed by atoms with Crippen molar-refractivity contribution in [2.75, 3.05) is 12.4 Å². The maximum Gasteiger partial charge on any atom is 0.315 e. The fraction of sp³-hybridized carbons (Fsp3) is 0.0455. The number of anilines is 1. The topological polar surface area (TPSA) is 143 Å². The van der Waals surface area contributed by atoms with Crippen molar-refractivity contribution in [1.82, 2.24) is 5.43 Å². The van der Waals surface area contributed by atoms with Crippen LogP contribution in [-0.2, 0) is 0 Å². The summed E-state index contributed by atoms with van der Waals surface area (Å²) in [5, 5.41) is 27.4. The Morgan fingerprint density at radius 2 is 1.82 bits per heavy atom. The van der Waals surface area contributed by atoms with Crippen molar-refractivity contribution in [2.24, 2.45) is 5.10 Å². The van der Waals surface area contributed by atoms with E-state index in [0.717, 1.165) is 24.4 Å². The minimum absolute atomic E-state index is 0.0401. The van der Waals surface area contributed by atoms with Gasteiger partial charge in [0.2, 0.25) is 5.75 Å². The third-order valence-electron chi connectivity index (χ3n) is 4.38. The molecule has 0 heterocycles. The van der Waals surface area contributed by atoms with Crippen molar-refractivity contribution in [3.05, 3.63) is 93.3 Å². The van der Waals surface area contributed by atoms with E-state index in [1.807, 2.05) is 0 Å². The van der Waals surface area contributed by atoms with Crippen molar-refractivity contribution in [1.29, 1.82) is 0 Å². The quantitative estimate of drug-likeness (QED) is 0.285. The molecule has 168 valence electrons. The minimum Gasteiger partial charge on any atom is -0.502 e. The van der Waals surface area contributed by atoms with E-state index in [1.54, 1.807) is 6.07 Å². The minimum atomic E-state index is -0.778. The largest absolute Gasteiger partial charge is 0.502 e. The summed E-state index contributed by atoms with van der Waals surface area (Å²) in [5.74, 6) is -2.11. The van der Waals surface area contributed by atoms with E-state index in [0.29, 0.717) is 5.69 Å². The number of nitrogens with zero attached hydrogens (tertiary/aromatic N) is 2. The normalized spacial score (nSPS) is 10.6. The number of hydrazone groups is 1. The predicted octanol–water partition coefficient (Wildman–Crippen LogP) is 3.46. The van der Waals surface area contributed by atoms with Crippen LogP contribution < -0.4 is 15.5 Å². The molecule has 0 fully saturated rings. The van der Waals surface area contributed by atoms with Gasteiger partial charge in [-0.1, -0.05) is 6.07 Å². The number of methoxy groups -OCH3 is 1. The molecule has 3 N–H and O–H groups in total. The number of nitro groups is 1. The summed E-state index contributed by atoms with van der Waals surface area (Å²) in [6.07, 6.45) is 1.03. The average molecular weight is 452 g/mol. The molecule has 0 saturated carbocycles. The lowest BCUT2D eigenvalue weighted by Crippen LogP contribution is -2.18. The number of rotatable bonds is 7. The van der Waals surface area contributed by atoms with Gasteiger partial charge in [-0.25, -0.2) is 9.82 Å². The zero-order chi connectivity index (χ0) is 24.0. The molecule has 3 aromatic rings. The second-order valence-electron chi connectivity index (χ2n) is 6.58. The predicted molar refractivity (Wildman–Crippen MR) is 117 cm³/mol. The Balaban J connectivity index is 1.71. The van der Waals surface area contributed by atoms with Gasteiger partial charge in [0.25, 0.3) is 11.8 Å². The van der Waals surface area contributed by atoms with Crippen molar-refractivity contribution < 1.29 is 28.7 Å². The highest BCUT2D eigenvalue weighted by atomic mass is 19.1. The summed E-state index contributed by atoms with van der Waals surface area (Å²) >= 11 is 0. The first-order valence-electron chi connectivity index (χ1n) is 9.34. The summed E-state index contributed by atoms with van der Waals surface area (Å²) in [4.78, 5) is 34.9. The lowest BCUT2D eigenvalue weighted by Gasteiger charge is -2.07. The number of hydrogen-bond donors (Lipinski definition) is 3. The van der Waals surface area contributed by atoms with Crippen LogP contribution in [0.3, 0.4) is 0 Å². The van der Waals surface area contributed by atoms with E-state index >= 15 is 0 Å². The van der Waals surface area contributed by atoms with Crippen LogP contribution in [0.2, 0.25) is 0 Å². The Morgan fingerprint density at radius 1 is 1.09 bits per heavy atom. The number of carbonyl (C=O) groups excluding carboxylic acids is 2. The van der Waals surface area contributed by atoms with Crippen LogP contribution >= 0.6 is 0 Å². The van der Waals surface area contributed by atoms with Gasteiger partial charge >= 0.3 is 5.69 Å². The lowest BCUT2D eigenvalue weighted by molar-refractivity contribution is -0.385. The number of phenolic OH excluding ortho intramolecular Hbond substituents is 1. The summed E-state index contributed by atoms with van der Waals surface area (Å²) in [6.45, 7) is 0. The van der Waals surface area contributed by atoms with E-state index in [1.165, 1.54) is 43.5 Å². The van der Waals surface area contributed by atoms with Gasteiger partial charge in [-0.15, -0.1) is 0 Å². The standard InChI is InChI=1S/C22H17FN4O6/c1-33-18-10-15(20(28)19(11-18)27(31)32)12-24-26-22(30)14-3-2-4-17(9-14)25-21(29)13-5-7-16(23)8-6-13/h2-12,28H,1H3,(H,25,29)(H,26,30)/b24-12+. The summed E-state index contributed by atoms with van der Waals surface area (Å²) in [7, 11) is 1.31. The first-order valence-corrected chi connectivity index (χ1v) is 9.34. The second-order valence-corrected chi connectivity index (χ2v) is 6.58. The Bertz CT molecular complexity index is 1240. The van der Waals surface area contributed by atoms with Gasteiger partial charge in [-0.2, -0.15) is 5.10 Å². The van der Waals surface area contributed by atoms with E-state index in [4.69, 9.17) is 4.74 Å². The molecule has 0 saturated heterocycles. The van der Waals surface area contributed by atoms with Gasteiger partial charge in [0.15, 0.2) is 0 Å². The third-order valence-corrected chi connectivity index (χ3v) is 4.38. The smallest absolute Gasteiger partial charge is 0.315 e. The van der Waals surface area contributed by atoms with Gasteiger partial charge in [-0.05, 0) is 48.5 Å². The summed E-state index contributed by atoms with van der Waals surface area (Å²) < 4.78 is 18.0. The molecular formula is C22H17FN4O6.